The Bertz CT molecular complexity index is 1060. The van der Waals surface area contributed by atoms with Crippen molar-refractivity contribution in [2.75, 3.05) is 92.0 Å². The van der Waals surface area contributed by atoms with E-state index in [1.807, 2.05) is 18.2 Å². The van der Waals surface area contributed by atoms with Gasteiger partial charge in [-0.05, 0) is 54.7 Å². The Morgan fingerprint density at radius 3 is 2.40 bits per heavy atom. The first kappa shape index (κ1) is 33.5. The molecule has 0 amide bonds. The minimum atomic E-state index is -0.689. The van der Waals surface area contributed by atoms with E-state index in [4.69, 9.17) is 33.2 Å². The summed E-state index contributed by atoms with van der Waals surface area (Å²) in [6.45, 7) is 6.83. The van der Waals surface area contributed by atoms with Gasteiger partial charge in [-0.25, -0.2) is 0 Å². The minimum absolute atomic E-state index is 0.0294. The van der Waals surface area contributed by atoms with Crippen LogP contribution in [0.2, 0.25) is 0 Å². The van der Waals surface area contributed by atoms with E-state index in [1.54, 1.807) is 21.3 Å². The maximum atomic E-state index is 10.3. The summed E-state index contributed by atoms with van der Waals surface area (Å²) in [5.74, 6) is 1.72. The fourth-order valence-corrected chi connectivity index (χ4v) is 5.66. The lowest BCUT2D eigenvalue weighted by atomic mass is 9.85. The first-order valence-electron chi connectivity index (χ1n) is 15.4. The molecule has 4 atom stereocenters. The van der Waals surface area contributed by atoms with E-state index in [2.05, 4.69) is 34.5 Å². The number of piperidine rings is 1. The summed E-state index contributed by atoms with van der Waals surface area (Å²) in [5.41, 5.74) is 3.32. The minimum Gasteiger partial charge on any atom is -0.494 e. The summed E-state index contributed by atoms with van der Waals surface area (Å²) in [6.07, 6.45) is 1.87. The molecule has 2 aliphatic heterocycles. The molecule has 0 radical (unpaired) electrons. The lowest BCUT2D eigenvalue weighted by Crippen LogP contribution is -2.51. The highest BCUT2D eigenvalue weighted by Crippen LogP contribution is 2.35. The van der Waals surface area contributed by atoms with Crippen molar-refractivity contribution in [2.45, 2.75) is 50.1 Å². The molecule has 240 valence electrons. The molecule has 10 heteroatoms. The zero-order valence-corrected chi connectivity index (χ0v) is 26.0. The topological polar surface area (TPSA) is 100 Å². The van der Waals surface area contributed by atoms with Crippen LogP contribution in [0.25, 0.3) is 0 Å². The Morgan fingerprint density at radius 1 is 0.884 bits per heavy atom. The van der Waals surface area contributed by atoms with Gasteiger partial charge in [0, 0.05) is 60.1 Å². The summed E-state index contributed by atoms with van der Waals surface area (Å²) in [5, 5.41) is 13.7. The molecule has 0 bridgehead atoms. The van der Waals surface area contributed by atoms with Gasteiger partial charge in [-0.1, -0.05) is 18.2 Å². The molecule has 0 spiro atoms. The van der Waals surface area contributed by atoms with Gasteiger partial charge in [0.25, 0.3) is 0 Å². The largest absolute Gasteiger partial charge is 0.494 e. The van der Waals surface area contributed by atoms with E-state index in [0.29, 0.717) is 32.9 Å². The fraction of sp³-hybridized carbons (Fsp3) is 0.636. The third kappa shape index (κ3) is 10.3. The van der Waals surface area contributed by atoms with Crippen molar-refractivity contribution >= 4 is 5.69 Å². The monoisotopic (exact) mass is 602 g/mol. The van der Waals surface area contributed by atoms with Crippen molar-refractivity contribution < 1.29 is 38.3 Å². The molecule has 43 heavy (non-hydrogen) atoms. The molecule has 2 N–H and O–H groups in total. The molecule has 1 fully saturated rings. The van der Waals surface area contributed by atoms with Crippen LogP contribution in [0.4, 0.5) is 5.69 Å². The SMILES string of the molecule is COCCCCOc1ccc([C@@H]2[C@@H](OCc3ccc4c(c3)N(CCCOC)CCO4)CNC[C@H]2OC[C@@H](O)COC)cc1. The highest BCUT2D eigenvalue weighted by Gasteiger charge is 2.36. The van der Waals surface area contributed by atoms with Gasteiger partial charge in [0.1, 0.15) is 24.2 Å². The lowest BCUT2D eigenvalue weighted by Gasteiger charge is -2.39. The van der Waals surface area contributed by atoms with Crippen LogP contribution in [-0.4, -0.2) is 111 Å². The van der Waals surface area contributed by atoms with Gasteiger partial charge in [-0.15, -0.1) is 0 Å². The average molecular weight is 603 g/mol. The summed E-state index contributed by atoms with van der Waals surface area (Å²) in [4.78, 5) is 2.36. The predicted molar refractivity (Wildman–Crippen MR) is 166 cm³/mol. The Labute approximate surface area is 256 Å². The normalized spacial score (nSPS) is 20.8. The second-order valence-corrected chi connectivity index (χ2v) is 11.1. The van der Waals surface area contributed by atoms with Crippen LogP contribution < -0.4 is 19.7 Å². The lowest BCUT2D eigenvalue weighted by molar-refractivity contribution is -0.0856. The number of hydrogen-bond donors (Lipinski definition) is 2. The third-order valence-corrected chi connectivity index (χ3v) is 7.85. The van der Waals surface area contributed by atoms with Gasteiger partial charge in [0.2, 0.25) is 0 Å². The van der Waals surface area contributed by atoms with Gasteiger partial charge < -0.3 is 48.5 Å². The van der Waals surface area contributed by atoms with Gasteiger partial charge in [-0.2, -0.15) is 0 Å². The summed E-state index contributed by atoms with van der Waals surface area (Å²) < 4.78 is 40.2. The van der Waals surface area contributed by atoms with Crippen LogP contribution in [0, 0.1) is 0 Å². The van der Waals surface area contributed by atoms with E-state index in [-0.39, 0.29) is 31.3 Å². The van der Waals surface area contributed by atoms with Crippen LogP contribution >= 0.6 is 0 Å². The molecule has 2 aromatic carbocycles. The zero-order chi connectivity index (χ0) is 30.3. The highest BCUT2D eigenvalue weighted by atomic mass is 16.5. The van der Waals surface area contributed by atoms with Crippen LogP contribution in [0.15, 0.2) is 42.5 Å². The Hall–Kier alpha value is -2.44. The van der Waals surface area contributed by atoms with Gasteiger partial charge >= 0.3 is 0 Å². The molecule has 0 unspecified atom stereocenters. The average Bonchev–Trinajstić information content (AvgIpc) is 3.03. The molecule has 2 heterocycles. The Morgan fingerprint density at radius 2 is 1.63 bits per heavy atom. The molecule has 0 aromatic heterocycles. The number of unbranched alkanes of at least 4 members (excludes halogenated alkanes) is 1. The number of rotatable bonds is 19. The second kappa shape index (κ2) is 18.4. The van der Waals surface area contributed by atoms with E-state index in [9.17, 15) is 5.11 Å². The number of aliphatic hydroxyl groups excluding tert-OH is 1. The number of aliphatic hydroxyl groups is 1. The smallest absolute Gasteiger partial charge is 0.142 e. The van der Waals surface area contributed by atoms with Crippen LogP contribution in [0.3, 0.4) is 0 Å². The van der Waals surface area contributed by atoms with Crippen LogP contribution in [0.1, 0.15) is 36.3 Å². The van der Waals surface area contributed by atoms with Crippen LogP contribution in [-0.2, 0) is 30.3 Å². The molecule has 1 saturated heterocycles. The van der Waals surface area contributed by atoms with Crippen molar-refractivity contribution in [3.05, 3.63) is 53.6 Å². The zero-order valence-electron chi connectivity index (χ0n) is 26.0. The number of benzene rings is 2. The maximum Gasteiger partial charge on any atom is 0.142 e. The van der Waals surface area contributed by atoms with E-state index in [0.717, 1.165) is 73.9 Å². The standard InChI is InChI=1S/C33H50N2O8/c1-37-15-4-5-17-40-28-10-8-26(9-11-28)33-31(20-34-21-32(33)43-24-27(36)23-39-3)42-22-25-7-12-30-29(19-25)35(14-18-41-30)13-6-16-38-2/h7-12,19,27,31-34,36H,4-6,13-18,20-24H2,1-3H3/t27-,31-,32+,33+/m0/s1. The number of hydrogen-bond acceptors (Lipinski definition) is 10. The van der Waals surface area contributed by atoms with Crippen LogP contribution in [0.5, 0.6) is 11.5 Å². The van der Waals surface area contributed by atoms with Crippen molar-refractivity contribution in [2.24, 2.45) is 0 Å². The molecule has 0 saturated carbocycles. The summed E-state index contributed by atoms with van der Waals surface area (Å²) in [6, 6.07) is 14.5. The molecule has 4 rings (SSSR count). The number of fused-ring (bicyclic) bond motifs is 1. The second-order valence-electron chi connectivity index (χ2n) is 11.1. The quantitative estimate of drug-likeness (QED) is 0.233. The van der Waals surface area contributed by atoms with Crippen molar-refractivity contribution in [1.82, 2.24) is 5.32 Å². The third-order valence-electron chi connectivity index (χ3n) is 7.85. The Kier molecular flexibility index (Phi) is 14.3. The summed E-state index contributed by atoms with van der Waals surface area (Å²) >= 11 is 0. The number of methoxy groups -OCH3 is 3. The number of nitrogens with zero attached hydrogens (tertiary/aromatic N) is 1. The van der Waals surface area contributed by atoms with Gasteiger partial charge in [-0.3, -0.25) is 0 Å². The number of ether oxygens (including phenoxy) is 7. The van der Waals surface area contributed by atoms with E-state index in [1.165, 1.54) is 0 Å². The van der Waals surface area contributed by atoms with Crippen molar-refractivity contribution in [1.29, 1.82) is 0 Å². The molecule has 0 aliphatic carbocycles. The molecule has 10 nitrogen and oxygen atoms in total. The first-order valence-corrected chi connectivity index (χ1v) is 15.4. The fourth-order valence-electron chi connectivity index (χ4n) is 5.66. The molecular formula is C33H50N2O8. The van der Waals surface area contributed by atoms with Crippen molar-refractivity contribution in [3.8, 4) is 11.5 Å². The first-order chi connectivity index (χ1) is 21.1. The Balaban J connectivity index is 1.45. The van der Waals surface area contributed by atoms with Gasteiger partial charge in [0.05, 0.1) is 50.9 Å². The predicted octanol–water partition coefficient (Wildman–Crippen LogP) is 3.39. The van der Waals surface area contributed by atoms with E-state index >= 15 is 0 Å². The van der Waals surface area contributed by atoms with Gasteiger partial charge in [0.15, 0.2) is 0 Å². The molecule has 2 aliphatic rings. The number of nitrogens with one attached hydrogen (secondary N) is 1. The number of anilines is 1. The molecular weight excluding hydrogens is 552 g/mol. The van der Waals surface area contributed by atoms with Crippen molar-refractivity contribution in [3.63, 3.8) is 0 Å². The van der Waals surface area contributed by atoms with E-state index < -0.39 is 6.10 Å². The highest BCUT2D eigenvalue weighted by molar-refractivity contribution is 5.61. The maximum absolute atomic E-state index is 10.3. The molecule has 2 aromatic rings. The summed E-state index contributed by atoms with van der Waals surface area (Å²) in [7, 11) is 5.03.